The molecule has 0 radical (unpaired) electrons. The third kappa shape index (κ3) is 2.96. The van der Waals surface area contributed by atoms with E-state index in [1.54, 1.807) is 0 Å². The Bertz CT molecular complexity index is 405. The number of benzene rings is 1. The monoisotopic (exact) mass is 272 g/mol. The molecule has 1 aliphatic heterocycles. The number of phenols is 1. The average Bonchev–Trinajstić information content (AvgIpc) is 2.42. The summed E-state index contributed by atoms with van der Waals surface area (Å²) < 4.78 is 10.5. The van der Waals surface area contributed by atoms with Gasteiger partial charge in [-0.05, 0) is 24.3 Å². The molecule has 0 amide bonds. The molecule has 1 fully saturated rings. The summed E-state index contributed by atoms with van der Waals surface area (Å²) in [6, 6.07) is 5.69. The van der Waals surface area contributed by atoms with E-state index in [4.69, 9.17) is 19.7 Å². The van der Waals surface area contributed by atoms with E-state index in [0.717, 1.165) is 0 Å². The van der Waals surface area contributed by atoms with Crippen LogP contribution in [-0.4, -0.2) is 62.8 Å². The molecule has 106 valence electrons. The van der Waals surface area contributed by atoms with Crippen molar-refractivity contribution in [3.05, 3.63) is 24.3 Å². The second kappa shape index (κ2) is 5.72. The number of aliphatic hydroxyl groups excluding tert-OH is 4. The Balaban J connectivity index is 2.08. The Labute approximate surface area is 109 Å². The number of ether oxygens (including phenoxy) is 2. The highest BCUT2D eigenvalue weighted by atomic mass is 16.7. The van der Waals surface area contributed by atoms with Crippen LogP contribution < -0.4 is 4.74 Å². The molecule has 0 bridgehead atoms. The fraction of sp³-hybridized carbons (Fsp3) is 0.500. The van der Waals surface area contributed by atoms with E-state index in [0.29, 0.717) is 5.75 Å². The van der Waals surface area contributed by atoms with E-state index in [-0.39, 0.29) is 5.75 Å². The molecule has 0 saturated carbocycles. The first-order valence-corrected chi connectivity index (χ1v) is 5.79. The van der Waals surface area contributed by atoms with E-state index in [9.17, 15) is 15.3 Å². The number of aliphatic hydroxyl groups is 4. The molecule has 5 atom stereocenters. The average molecular weight is 272 g/mol. The molecule has 2 rings (SSSR count). The van der Waals surface area contributed by atoms with Crippen LogP contribution in [0.15, 0.2) is 24.3 Å². The maximum atomic E-state index is 9.75. The number of hydrogen-bond donors (Lipinski definition) is 5. The van der Waals surface area contributed by atoms with Crippen molar-refractivity contribution >= 4 is 0 Å². The summed E-state index contributed by atoms with van der Waals surface area (Å²) in [6.45, 7) is -0.514. The zero-order valence-electron chi connectivity index (χ0n) is 9.96. The van der Waals surface area contributed by atoms with E-state index in [2.05, 4.69) is 0 Å². The molecule has 7 nitrogen and oxygen atoms in total. The van der Waals surface area contributed by atoms with Crippen molar-refractivity contribution < 1.29 is 35.0 Å². The van der Waals surface area contributed by atoms with Gasteiger partial charge >= 0.3 is 0 Å². The van der Waals surface area contributed by atoms with Crippen LogP contribution in [0, 0.1) is 0 Å². The Morgan fingerprint density at radius 3 is 2.21 bits per heavy atom. The van der Waals surface area contributed by atoms with Gasteiger partial charge in [-0.3, -0.25) is 0 Å². The van der Waals surface area contributed by atoms with Gasteiger partial charge in [-0.15, -0.1) is 0 Å². The third-order valence-corrected chi connectivity index (χ3v) is 2.94. The summed E-state index contributed by atoms with van der Waals surface area (Å²) in [5.74, 6) is 0.364. The van der Waals surface area contributed by atoms with Crippen molar-refractivity contribution in [2.75, 3.05) is 6.61 Å². The van der Waals surface area contributed by atoms with E-state index in [1.165, 1.54) is 24.3 Å². The van der Waals surface area contributed by atoms with Crippen molar-refractivity contribution in [2.45, 2.75) is 30.7 Å². The van der Waals surface area contributed by atoms with Crippen LogP contribution >= 0.6 is 0 Å². The molecule has 0 aliphatic carbocycles. The number of aromatic hydroxyl groups is 1. The Morgan fingerprint density at radius 2 is 1.63 bits per heavy atom. The standard InChI is InChI=1S/C12H16O7/c13-5-8-9(15)10(16)11(17)12(19-8)18-7-3-1-6(14)2-4-7/h1-4,8-17H,5H2/t8?,9?,10-,11?,12?/m0/s1. The second-order valence-electron chi connectivity index (χ2n) is 4.31. The number of hydrogen-bond acceptors (Lipinski definition) is 7. The molecule has 1 saturated heterocycles. The summed E-state index contributed by atoms with van der Waals surface area (Å²) in [5, 5.41) is 47.1. The highest BCUT2D eigenvalue weighted by molar-refractivity contribution is 5.30. The molecule has 19 heavy (non-hydrogen) atoms. The lowest BCUT2D eigenvalue weighted by Crippen LogP contribution is -2.60. The molecule has 0 aromatic heterocycles. The van der Waals surface area contributed by atoms with E-state index >= 15 is 0 Å². The fourth-order valence-corrected chi connectivity index (χ4v) is 1.82. The topological polar surface area (TPSA) is 120 Å². The van der Waals surface area contributed by atoms with Gasteiger partial charge in [-0.2, -0.15) is 0 Å². The number of phenolic OH excluding ortho intramolecular Hbond substituents is 1. The van der Waals surface area contributed by atoms with Gasteiger partial charge in [0.05, 0.1) is 6.61 Å². The highest BCUT2D eigenvalue weighted by Crippen LogP contribution is 2.25. The largest absolute Gasteiger partial charge is 0.508 e. The third-order valence-electron chi connectivity index (χ3n) is 2.94. The predicted molar refractivity (Wildman–Crippen MR) is 62.5 cm³/mol. The van der Waals surface area contributed by atoms with Crippen molar-refractivity contribution in [3.8, 4) is 11.5 Å². The molecule has 4 unspecified atom stereocenters. The Morgan fingerprint density at radius 1 is 1.00 bits per heavy atom. The minimum atomic E-state index is -1.48. The van der Waals surface area contributed by atoms with Gasteiger partial charge in [0.2, 0.25) is 6.29 Å². The lowest BCUT2D eigenvalue weighted by molar-refractivity contribution is -0.277. The predicted octanol–water partition coefficient (Wildman–Crippen LogP) is -1.43. The van der Waals surface area contributed by atoms with Crippen LogP contribution in [0.3, 0.4) is 0 Å². The van der Waals surface area contributed by atoms with Gasteiger partial charge in [0.15, 0.2) is 0 Å². The molecular formula is C12H16O7. The fourth-order valence-electron chi connectivity index (χ4n) is 1.82. The molecule has 1 aliphatic rings. The normalized spacial score (nSPS) is 35.1. The van der Waals surface area contributed by atoms with Crippen LogP contribution in [0.1, 0.15) is 0 Å². The quantitative estimate of drug-likeness (QED) is 0.457. The van der Waals surface area contributed by atoms with Crippen LogP contribution in [0.5, 0.6) is 11.5 Å². The molecule has 0 spiro atoms. The lowest BCUT2D eigenvalue weighted by Gasteiger charge is -2.39. The van der Waals surface area contributed by atoms with Crippen LogP contribution in [0.4, 0.5) is 0 Å². The van der Waals surface area contributed by atoms with Gasteiger partial charge in [-0.25, -0.2) is 0 Å². The van der Waals surface area contributed by atoms with Crippen molar-refractivity contribution in [1.82, 2.24) is 0 Å². The summed E-state index contributed by atoms with van der Waals surface area (Å²) >= 11 is 0. The lowest BCUT2D eigenvalue weighted by atomic mass is 9.99. The smallest absolute Gasteiger partial charge is 0.229 e. The van der Waals surface area contributed by atoms with E-state index in [1.807, 2.05) is 0 Å². The zero-order valence-corrected chi connectivity index (χ0v) is 9.96. The maximum Gasteiger partial charge on any atom is 0.229 e. The highest BCUT2D eigenvalue weighted by Gasteiger charge is 2.44. The van der Waals surface area contributed by atoms with Gasteiger partial charge in [0.25, 0.3) is 0 Å². The first-order valence-electron chi connectivity index (χ1n) is 5.79. The Hall–Kier alpha value is -1.38. The minimum Gasteiger partial charge on any atom is -0.508 e. The Kier molecular flexibility index (Phi) is 4.23. The van der Waals surface area contributed by atoms with Crippen LogP contribution in [-0.2, 0) is 4.74 Å². The molecule has 5 N–H and O–H groups in total. The summed E-state index contributed by atoms with van der Waals surface area (Å²) in [5.41, 5.74) is 0. The molecule has 7 heteroatoms. The van der Waals surface area contributed by atoms with Crippen molar-refractivity contribution in [1.29, 1.82) is 0 Å². The SMILES string of the molecule is OCC1OC(Oc2ccc(O)cc2)C(O)[C@@H](O)C1O. The first kappa shape index (κ1) is 14.0. The molecule has 1 aromatic carbocycles. The number of rotatable bonds is 3. The summed E-state index contributed by atoms with van der Waals surface area (Å²) in [7, 11) is 0. The van der Waals surface area contributed by atoms with Gasteiger partial charge in [-0.1, -0.05) is 0 Å². The maximum absolute atomic E-state index is 9.75. The molecule has 1 aromatic rings. The molecular weight excluding hydrogens is 256 g/mol. The minimum absolute atomic E-state index is 0.0566. The van der Waals surface area contributed by atoms with Crippen LogP contribution in [0.25, 0.3) is 0 Å². The second-order valence-corrected chi connectivity index (χ2v) is 4.31. The van der Waals surface area contributed by atoms with Crippen LogP contribution in [0.2, 0.25) is 0 Å². The van der Waals surface area contributed by atoms with Gasteiger partial charge in [0, 0.05) is 0 Å². The van der Waals surface area contributed by atoms with Gasteiger partial charge < -0.3 is 35.0 Å². The summed E-state index contributed by atoms with van der Waals surface area (Å²) in [6.07, 6.45) is -6.58. The van der Waals surface area contributed by atoms with Crippen molar-refractivity contribution in [3.63, 3.8) is 0 Å². The van der Waals surface area contributed by atoms with Crippen molar-refractivity contribution in [2.24, 2.45) is 0 Å². The zero-order chi connectivity index (χ0) is 14.0. The molecule has 1 heterocycles. The van der Waals surface area contributed by atoms with E-state index < -0.39 is 37.3 Å². The van der Waals surface area contributed by atoms with Gasteiger partial charge in [0.1, 0.15) is 35.9 Å². The summed E-state index contributed by atoms with van der Waals surface area (Å²) in [4.78, 5) is 0. The first-order chi connectivity index (χ1) is 9.02.